The third-order valence-corrected chi connectivity index (χ3v) is 1.55. The van der Waals surface area contributed by atoms with Gasteiger partial charge in [0.25, 0.3) is 0 Å². The Bertz CT molecular complexity index is 315. The molecular weight excluding hydrogens is 201 g/mol. The highest BCUT2D eigenvalue weighted by molar-refractivity contribution is 6.30. The molecular formula is C9H6ClF3. The Morgan fingerprint density at radius 2 is 1.92 bits per heavy atom. The minimum atomic E-state index is -4.28. The molecule has 70 valence electrons. The lowest BCUT2D eigenvalue weighted by Gasteiger charge is -1.98. The van der Waals surface area contributed by atoms with Crippen LogP contribution in [0.5, 0.6) is 0 Å². The van der Waals surface area contributed by atoms with Gasteiger partial charge in [0.2, 0.25) is 0 Å². The van der Waals surface area contributed by atoms with Crippen LogP contribution in [0.2, 0.25) is 5.02 Å². The number of benzene rings is 1. The molecule has 1 aromatic carbocycles. The maximum atomic E-state index is 11.7. The van der Waals surface area contributed by atoms with Crippen LogP contribution < -0.4 is 0 Å². The topological polar surface area (TPSA) is 0 Å². The molecule has 0 heterocycles. The van der Waals surface area contributed by atoms with Gasteiger partial charge in [0.1, 0.15) is 0 Å². The van der Waals surface area contributed by atoms with Crippen molar-refractivity contribution in [1.82, 2.24) is 0 Å². The lowest BCUT2D eigenvalue weighted by molar-refractivity contribution is -0.0790. The van der Waals surface area contributed by atoms with Crippen LogP contribution in [0.15, 0.2) is 30.3 Å². The molecule has 0 fully saturated rings. The first-order valence-corrected chi connectivity index (χ1v) is 3.87. The van der Waals surface area contributed by atoms with E-state index in [4.69, 9.17) is 11.6 Å². The fourth-order valence-electron chi connectivity index (χ4n) is 0.801. The summed E-state index contributed by atoms with van der Waals surface area (Å²) in [6.07, 6.45) is -3.12. The van der Waals surface area contributed by atoms with Gasteiger partial charge >= 0.3 is 6.18 Å². The van der Waals surface area contributed by atoms with Crippen LogP contribution in [0.3, 0.4) is 0 Å². The number of alkyl halides is 3. The molecule has 0 spiro atoms. The molecule has 0 saturated heterocycles. The minimum Gasteiger partial charge on any atom is -0.167 e. The smallest absolute Gasteiger partial charge is 0.167 e. The van der Waals surface area contributed by atoms with Gasteiger partial charge in [-0.25, -0.2) is 0 Å². The Labute approximate surface area is 78.6 Å². The van der Waals surface area contributed by atoms with Gasteiger partial charge in [-0.05, 0) is 17.7 Å². The summed E-state index contributed by atoms with van der Waals surface area (Å²) in [5.41, 5.74) is 0.435. The minimum absolute atomic E-state index is 0.179. The highest BCUT2D eigenvalue weighted by Gasteiger charge is 2.21. The van der Waals surface area contributed by atoms with Gasteiger partial charge in [0.15, 0.2) is 0 Å². The van der Waals surface area contributed by atoms with E-state index in [2.05, 4.69) is 0 Å². The molecule has 1 aromatic rings. The maximum Gasteiger partial charge on any atom is 0.409 e. The summed E-state index contributed by atoms with van der Waals surface area (Å²) in [5.74, 6) is 0. The van der Waals surface area contributed by atoms with Crippen LogP contribution in [0.25, 0.3) is 6.08 Å². The zero-order chi connectivity index (χ0) is 9.90. The third kappa shape index (κ3) is 3.99. The van der Waals surface area contributed by atoms with Gasteiger partial charge in [0.05, 0.1) is 0 Å². The molecule has 0 amide bonds. The molecule has 13 heavy (non-hydrogen) atoms. The second kappa shape index (κ2) is 3.83. The molecule has 0 aliphatic rings. The van der Waals surface area contributed by atoms with E-state index in [9.17, 15) is 13.2 Å². The largest absolute Gasteiger partial charge is 0.409 e. The molecule has 0 aromatic heterocycles. The summed E-state index contributed by atoms with van der Waals surface area (Å²) in [5, 5.41) is 0.421. The maximum absolute atomic E-state index is 11.7. The van der Waals surface area contributed by atoms with Gasteiger partial charge in [-0.3, -0.25) is 0 Å². The zero-order valence-corrected chi connectivity index (χ0v) is 7.23. The van der Waals surface area contributed by atoms with Crippen molar-refractivity contribution in [3.8, 4) is 0 Å². The molecule has 4 heteroatoms. The average molecular weight is 207 g/mol. The van der Waals surface area contributed by atoms with E-state index in [1.165, 1.54) is 6.07 Å². The number of halogens is 4. The Morgan fingerprint density at radius 3 is 2.46 bits per heavy atom. The highest BCUT2D eigenvalue weighted by atomic mass is 35.5. The van der Waals surface area contributed by atoms with E-state index in [0.717, 1.165) is 6.08 Å². The molecule has 0 saturated carbocycles. The quantitative estimate of drug-likeness (QED) is 0.654. The van der Waals surface area contributed by atoms with E-state index in [1.807, 2.05) is 0 Å². The second-order valence-electron chi connectivity index (χ2n) is 2.43. The van der Waals surface area contributed by atoms with E-state index >= 15 is 0 Å². The van der Waals surface area contributed by atoms with Gasteiger partial charge in [0, 0.05) is 11.1 Å². The monoisotopic (exact) mass is 206 g/mol. The first kappa shape index (κ1) is 10.1. The van der Waals surface area contributed by atoms with Gasteiger partial charge in [-0.15, -0.1) is 0 Å². The lowest BCUT2D eigenvalue weighted by Crippen LogP contribution is -1.99. The molecule has 0 aliphatic heterocycles. The van der Waals surface area contributed by atoms with Crippen molar-refractivity contribution in [2.24, 2.45) is 0 Å². The lowest BCUT2D eigenvalue weighted by atomic mass is 10.2. The molecule has 0 N–H and O–H groups in total. The molecule has 0 unspecified atom stereocenters. The van der Waals surface area contributed by atoms with Crippen molar-refractivity contribution in [1.29, 1.82) is 0 Å². The van der Waals surface area contributed by atoms with Gasteiger partial charge in [-0.2, -0.15) is 13.2 Å². The van der Waals surface area contributed by atoms with E-state index < -0.39 is 6.18 Å². The molecule has 0 radical (unpaired) electrons. The van der Waals surface area contributed by atoms with E-state index in [1.54, 1.807) is 18.2 Å². The third-order valence-electron chi connectivity index (χ3n) is 1.31. The first-order valence-electron chi connectivity index (χ1n) is 3.49. The molecule has 0 aliphatic carbocycles. The predicted octanol–water partition coefficient (Wildman–Crippen LogP) is 3.92. The fraction of sp³-hybridized carbons (Fsp3) is 0.111. The van der Waals surface area contributed by atoms with Crippen LogP contribution in [-0.2, 0) is 0 Å². The Balaban J connectivity index is 2.80. The molecule has 0 nitrogen and oxygen atoms in total. The van der Waals surface area contributed by atoms with E-state index in [0.29, 0.717) is 10.6 Å². The summed E-state index contributed by atoms with van der Waals surface area (Å²) >= 11 is 5.58. The predicted molar refractivity (Wildman–Crippen MR) is 46.5 cm³/mol. The molecule has 0 atom stereocenters. The van der Waals surface area contributed by atoms with Gasteiger partial charge in [-0.1, -0.05) is 29.8 Å². The van der Waals surface area contributed by atoms with Crippen LogP contribution >= 0.6 is 11.6 Å². The van der Waals surface area contributed by atoms with E-state index in [-0.39, 0.29) is 6.08 Å². The number of hydrogen-bond acceptors (Lipinski definition) is 0. The first-order chi connectivity index (χ1) is 5.97. The van der Waals surface area contributed by atoms with Crippen molar-refractivity contribution in [2.75, 3.05) is 0 Å². The van der Waals surface area contributed by atoms with Crippen molar-refractivity contribution < 1.29 is 13.2 Å². The summed E-state index contributed by atoms with van der Waals surface area (Å²) in [6.45, 7) is 0. The SMILES string of the molecule is FC(F)(F)C=Cc1cccc(Cl)c1. The summed E-state index contributed by atoms with van der Waals surface area (Å²) in [4.78, 5) is 0. The molecule has 1 rings (SSSR count). The summed E-state index contributed by atoms with van der Waals surface area (Å²) < 4.78 is 35.2. The average Bonchev–Trinajstić information content (AvgIpc) is 2.00. The Hall–Kier alpha value is -0.960. The van der Waals surface area contributed by atoms with Crippen molar-refractivity contribution in [2.45, 2.75) is 6.18 Å². The normalized spacial score (nSPS) is 12.3. The summed E-state index contributed by atoms with van der Waals surface area (Å²) in [6, 6.07) is 6.21. The van der Waals surface area contributed by atoms with Crippen molar-refractivity contribution in [3.05, 3.63) is 40.9 Å². The number of allylic oxidation sites excluding steroid dienone is 1. The fourth-order valence-corrected chi connectivity index (χ4v) is 1.000. The van der Waals surface area contributed by atoms with Gasteiger partial charge < -0.3 is 0 Å². The van der Waals surface area contributed by atoms with Crippen LogP contribution in [-0.4, -0.2) is 6.18 Å². The highest BCUT2D eigenvalue weighted by Crippen LogP contribution is 2.19. The number of hydrogen-bond donors (Lipinski definition) is 0. The van der Waals surface area contributed by atoms with Crippen LogP contribution in [0.1, 0.15) is 5.56 Å². The molecule has 0 bridgehead atoms. The zero-order valence-electron chi connectivity index (χ0n) is 6.48. The summed E-state index contributed by atoms with van der Waals surface area (Å²) in [7, 11) is 0. The van der Waals surface area contributed by atoms with Crippen LogP contribution in [0.4, 0.5) is 13.2 Å². The van der Waals surface area contributed by atoms with Crippen molar-refractivity contribution >= 4 is 17.7 Å². The van der Waals surface area contributed by atoms with Crippen molar-refractivity contribution in [3.63, 3.8) is 0 Å². The van der Waals surface area contributed by atoms with Crippen LogP contribution in [0, 0.1) is 0 Å². The number of rotatable bonds is 1. The standard InChI is InChI=1S/C9H6ClF3/c10-8-3-1-2-7(6-8)4-5-9(11,12)13/h1-6H. The Kier molecular flexibility index (Phi) is 2.98. The Morgan fingerprint density at radius 1 is 1.23 bits per heavy atom. The second-order valence-corrected chi connectivity index (χ2v) is 2.87.